The van der Waals surface area contributed by atoms with E-state index in [-0.39, 0.29) is 5.76 Å². The molecule has 0 amide bonds. The van der Waals surface area contributed by atoms with Crippen molar-refractivity contribution in [3.63, 3.8) is 0 Å². The van der Waals surface area contributed by atoms with Crippen molar-refractivity contribution in [2.24, 2.45) is 0 Å². The summed E-state index contributed by atoms with van der Waals surface area (Å²) in [6, 6.07) is 9.36. The average Bonchev–Trinajstić information content (AvgIpc) is 2.66. The molecule has 2 nitrogen and oxygen atoms in total. The van der Waals surface area contributed by atoms with Gasteiger partial charge in [0, 0.05) is 9.13 Å². The number of aryl methyl sites for hydroxylation is 1. The van der Waals surface area contributed by atoms with Crippen molar-refractivity contribution in [2.45, 2.75) is 6.92 Å². The fourth-order valence-corrected chi connectivity index (χ4v) is 2.24. The van der Waals surface area contributed by atoms with Crippen LogP contribution in [0.2, 0.25) is 0 Å². The summed E-state index contributed by atoms with van der Waals surface area (Å²) in [6.07, 6.45) is 0. The Morgan fingerprint density at radius 2 is 2.06 bits per heavy atom. The van der Waals surface area contributed by atoms with E-state index in [0.717, 1.165) is 11.1 Å². The first-order valence-corrected chi connectivity index (χ1v) is 6.10. The molecular formula is C12H8ClIO2. The van der Waals surface area contributed by atoms with Crippen molar-refractivity contribution < 1.29 is 9.21 Å². The molecule has 1 heterocycles. The number of carbonyl (C=O) groups is 1. The molecule has 2 rings (SSSR count). The van der Waals surface area contributed by atoms with E-state index in [1.165, 1.54) is 3.57 Å². The summed E-state index contributed by atoms with van der Waals surface area (Å²) in [6.45, 7) is 2.00. The molecule has 0 aliphatic heterocycles. The van der Waals surface area contributed by atoms with Gasteiger partial charge in [0.2, 0.25) is 0 Å². The number of halogens is 2. The number of carbonyl (C=O) groups excluding carboxylic acids is 1. The van der Waals surface area contributed by atoms with E-state index in [1.54, 1.807) is 12.1 Å². The minimum atomic E-state index is -0.575. The molecule has 0 radical (unpaired) electrons. The molecule has 0 saturated carbocycles. The summed E-state index contributed by atoms with van der Waals surface area (Å²) in [5, 5.41) is -0.575. The zero-order valence-electron chi connectivity index (χ0n) is 8.46. The SMILES string of the molecule is Cc1cc(I)ccc1-c1ccc(C(=O)Cl)o1. The molecule has 1 aromatic heterocycles. The van der Waals surface area contributed by atoms with Crippen LogP contribution in [0.25, 0.3) is 11.3 Å². The van der Waals surface area contributed by atoms with Gasteiger partial charge in [-0.15, -0.1) is 0 Å². The van der Waals surface area contributed by atoms with Gasteiger partial charge in [0.1, 0.15) is 5.76 Å². The summed E-state index contributed by atoms with van der Waals surface area (Å²) in [4.78, 5) is 10.9. The van der Waals surface area contributed by atoms with Crippen molar-refractivity contribution in [3.05, 3.63) is 45.2 Å². The molecule has 0 aliphatic carbocycles. The first-order chi connectivity index (χ1) is 7.58. The molecule has 0 aliphatic rings. The highest BCUT2D eigenvalue weighted by Crippen LogP contribution is 2.27. The van der Waals surface area contributed by atoms with Gasteiger partial charge >= 0.3 is 0 Å². The van der Waals surface area contributed by atoms with Crippen LogP contribution in [0.3, 0.4) is 0 Å². The van der Waals surface area contributed by atoms with E-state index in [1.807, 2.05) is 19.1 Å². The van der Waals surface area contributed by atoms with Crippen LogP contribution in [0.5, 0.6) is 0 Å². The molecule has 2 aromatic rings. The van der Waals surface area contributed by atoms with Crippen LogP contribution in [0, 0.1) is 10.5 Å². The lowest BCUT2D eigenvalue weighted by atomic mass is 10.1. The van der Waals surface area contributed by atoms with Gasteiger partial charge in [-0.25, -0.2) is 0 Å². The van der Waals surface area contributed by atoms with Gasteiger partial charge in [-0.2, -0.15) is 0 Å². The molecule has 0 saturated heterocycles. The van der Waals surface area contributed by atoms with E-state index >= 15 is 0 Å². The lowest BCUT2D eigenvalue weighted by Gasteiger charge is -2.02. The Labute approximate surface area is 112 Å². The van der Waals surface area contributed by atoms with Gasteiger partial charge in [0.05, 0.1) is 0 Å². The Morgan fingerprint density at radius 3 is 2.62 bits per heavy atom. The average molecular weight is 347 g/mol. The minimum absolute atomic E-state index is 0.176. The zero-order chi connectivity index (χ0) is 11.7. The Morgan fingerprint density at radius 1 is 1.31 bits per heavy atom. The predicted molar refractivity (Wildman–Crippen MR) is 71.8 cm³/mol. The van der Waals surface area contributed by atoms with E-state index in [9.17, 15) is 4.79 Å². The molecule has 0 fully saturated rings. The first kappa shape index (κ1) is 11.7. The fourth-order valence-electron chi connectivity index (χ4n) is 1.49. The Balaban J connectivity index is 2.46. The Hall–Kier alpha value is -0.810. The van der Waals surface area contributed by atoms with Crippen LogP contribution in [-0.2, 0) is 0 Å². The fraction of sp³-hybridized carbons (Fsp3) is 0.0833. The van der Waals surface area contributed by atoms with E-state index in [4.69, 9.17) is 16.0 Å². The van der Waals surface area contributed by atoms with Crippen LogP contribution in [0.1, 0.15) is 16.1 Å². The van der Waals surface area contributed by atoms with E-state index in [0.29, 0.717) is 5.76 Å². The second-order valence-corrected chi connectivity index (χ2v) is 4.99. The lowest BCUT2D eigenvalue weighted by molar-refractivity contribution is 0.105. The quantitative estimate of drug-likeness (QED) is 0.601. The van der Waals surface area contributed by atoms with Crippen LogP contribution in [0.4, 0.5) is 0 Å². The van der Waals surface area contributed by atoms with Gasteiger partial charge in [0.25, 0.3) is 5.24 Å². The van der Waals surface area contributed by atoms with Crippen molar-refractivity contribution in [3.8, 4) is 11.3 Å². The van der Waals surface area contributed by atoms with Gasteiger partial charge in [-0.05, 0) is 77.0 Å². The minimum Gasteiger partial charge on any atom is -0.452 e. The monoisotopic (exact) mass is 346 g/mol. The second kappa shape index (κ2) is 4.59. The van der Waals surface area contributed by atoms with Crippen LogP contribution < -0.4 is 0 Å². The molecule has 0 N–H and O–H groups in total. The van der Waals surface area contributed by atoms with E-state index in [2.05, 4.69) is 28.7 Å². The molecular weight excluding hydrogens is 338 g/mol. The summed E-state index contributed by atoms with van der Waals surface area (Å²) in [5.74, 6) is 0.840. The molecule has 1 aromatic carbocycles. The lowest BCUT2D eigenvalue weighted by Crippen LogP contribution is -1.84. The number of rotatable bonds is 2. The molecule has 16 heavy (non-hydrogen) atoms. The van der Waals surface area contributed by atoms with Crippen LogP contribution in [0.15, 0.2) is 34.7 Å². The zero-order valence-corrected chi connectivity index (χ0v) is 11.4. The van der Waals surface area contributed by atoms with Crippen LogP contribution >= 0.6 is 34.2 Å². The standard InChI is InChI=1S/C12H8ClIO2/c1-7-6-8(14)2-3-9(7)10-4-5-11(16-10)12(13)15/h2-6H,1H3. The van der Waals surface area contributed by atoms with E-state index < -0.39 is 5.24 Å². The summed E-state index contributed by atoms with van der Waals surface area (Å²) in [7, 11) is 0. The normalized spacial score (nSPS) is 10.4. The first-order valence-electron chi connectivity index (χ1n) is 4.64. The predicted octanol–water partition coefficient (Wildman–Crippen LogP) is 4.24. The third-order valence-corrected chi connectivity index (χ3v) is 3.11. The summed E-state index contributed by atoms with van der Waals surface area (Å²) in [5.41, 5.74) is 2.08. The van der Waals surface area contributed by atoms with Gasteiger partial charge in [0.15, 0.2) is 5.76 Å². The summed E-state index contributed by atoms with van der Waals surface area (Å²) < 4.78 is 6.53. The van der Waals surface area contributed by atoms with Crippen molar-refractivity contribution in [1.29, 1.82) is 0 Å². The number of hydrogen-bond acceptors (Lipinski definition) is 2. The number of hydrogen-bond donors (Lipinski definition) is 0. The van der Waals surface area contributed by atoms with Gasteiger partial charge in [-0.1, -0.05) is 0 Å². The molecule has 82 valence electrons. The molecule has 4 heteroatoms. The maximum absolute atomic E-state index is 10.9. The number of benzene rings is 1. The molecule has 0 spiro atoms. The highest BCUT2D eigenvalue weighted by molar-refractivity contribution is 14.1. The number of furan rings is 1. The van der Waals surface area contributed by atoms with Crippen molar-refractivity contribution >= 4 is 39.4 Å². The largest absolute Gasteiger partial charge is 0.452 e. The Kier molecular flexibility index (Phi) is 3.35. The second-order valence-electron chi connectivity index (χ2n) is 3.40. The molecule has 0 bridgehead atoms. The maximum Gasteiger partial charge on any atom is 0.287 e. The topological polar surface area (TPSA) is 30.2 Å². The molecule has 0 unspecified atom stereocenters. The van der Waals surface area contributed by atoms with Gasteiger partial charge in [-0.3, -0.25) is 4.79 Å². The van der Waals surface area contributed by atoms with Crippen molar-refractivity contribution in [2.75, 3.05) is 0 Å². The van der Waals surface area contributed by atoms with Crippen molar-refractivity contribution in [1.82, 2.24) is 0 Å². The smallest absolute Gasteiger partial charge is 0.287 e. The van der Waals surface area contributed by atoms with Gasteiger partial charge < -0.3 is 4.42 Å². The molecule has 0 atom stereocenters. The summed E-state index contributed by atoms with van der Waals surface area (Å²) >= 11 is 7.59. The highest BCUT2D eigenvalue weighted by atomic mass is 127. The van der Waals surface area contributed by atoms with Crippen LogP contribution in [-0.4, -0.2) is 5.24 Å². The third-order valence-electron chi connectivity index (χ3n) is 2.25. The third kappa shape index (κ3) is 2.30. The Bertz CT molecular complexity index is 546. The highest BCUT2D eigenvalue weighted by Gasteiger charge is 2.11. The maximum atomic E-state index is 10.9.